The van der Waals surface area contributed by atoms with E-state index in [2.05, 4.69) is 27.5 Å². The third kappa shape index (κ3) is 4.77. The molecule has 6 heteroatoms. The number of rotatable bonds is 7. The predicted octanol–water partition coefficient (Wildman–Crippen LogP) is 2.79. The van der Waals surface area contributed by atoms with Gasteiger partial charge in [0.1, 0.15) is 0 Å². The van der Waals surface area contributed by atoms with Crippen molar-refractivity contribution < 1.29 is 4.79 Å². The highest BCUT2D eigenvalue weighted by atomic mass is 16.2. The number of amides is 1. The zero-order valence-corrected chi connectivity index (χ0v) is 15.0. The quantitative estimate of drug-likeness (QED) is 0.712. The number of carbonyl (C=O) groups is 1. The topological polar surface area (TPSA) is 63.1 Å². The van der Waals surface area contributed by atoms with Gasteiger partial charge in [0.2, 0.25) is 5.91 Å². The van der Waals surface area contributed by atoms with Crippen LogP contribution in [0, 0.1) is 0 Å². The van der Waals surface area contributed by atoms with Gasteiger partial charge in [-0.25, -0.2) is 0 Å². The smallest absolute Gasteiger partial charge is 0.242 e. The molecule has 1 unspecified atom stereocenters. The number of carbonyl (C=O) groups excluding carboxylic acids is 1. The van der Waals surface area contributed by atoms with Crippen LogP contribution in [0.15, 0.2) is 67.0 Å². The fourth-order valence-electron chi connectivity index (χ4n) is 2.61. The van der Waals surface area contributed by atoms with E-state index in [1.165, 1.54) is 5.56 Å². The molecule has 0 radical (unpaired) electrons. The van der Waals surface area contributed by atoms with Gasteiger partial charge in [0.05, 0.1) is 18.3 Å². The minimum absolute atomic E-state index is 0.0773. The molecule has 3 rings (SSSR count). The van der Waals surface area contributed by atoms with Gasteiger partial charge in [0.15, 0.2) is 5.82 Å². The Morgan fingerprint density at radius 3 is 2.65 bits per heavy atom. The first-order chi connectivity index (χ1) is 12.6. The second-order valence-corrected chi connectivity index (χ2v) is 6.29. The van der Waals surface area contributed by atoms with Crippen molar-refractivity contribution in [2.45, 2.75) is 26.1 Å². The molecule has 0 fully saturated rings. The van der Waals surface area contributed by atoms with Gasteiger partial charge in [0.25, 0.3) is 0 Å². The van der Waals surface area contributed by atoms with Crippen LogP contribution in [0.4, 0.5) is 5.82 Å². The fraction of sp³-hybridized carbons (Fsp3) is 0.250. The van der Waals surface area contributed by atoms with Crippen molar-refractivity contribution in [1.29, 1.82) is 0 Å². The highest BCUT2D eigenvalue weighted by Crippen LogP contribution is 2.09. The summed E-state index contributed by atoms with van der Waals surface area (Å²) in [5.41, 5.74) is 2.10. The second-order valence-electron chi connectivity index (χ2n) is 6.29. The summed E-state index contributed by atoms with van der Waals surface area (Å²) in [4.78, 5) is 18.8. The van der Waals surface area contributed by atoms with Crippen LogP contribution in [0.25, 0.3) is 0 Å². The molecule has 1 atom stereocenters. The SMILES string of the molecule is CC(C(=O)Nc1ccn(Cc2ccccn2)n1)N(C)Cc1ccccc1. The van der Waals surface area contributed by atoms with Gasteiger partial charge < -0.3 is 5.32 Å². The lowest BCUT2D eigenvalue weighted by molar-refractivity contribution is -0.120. The summed E-state index contributed by atoms with van der Waals surface area (Å²) in [7, 11) is 1.94. The molecule has 0 aliphatic rings. The summed E-state index contributed by atoms with van der Waals surface area (Å²) < 4.78 is 1.76. The Hall–Kier alpha value is -2.99. The molecule has 134 valence electrons. The second kappa shape index (κ2) is 8.40. The van der Waals surface area contributed by atoms with Crippen molar-refractivity contribution in [3.05, 3.63) is 78.2 Å². The molecule has 1 amide bonds. The number of hydrogen-bond acceptors (Lipinski definition) is 4. The number of nitrogens with zero attached hydrogens (tertiary/aromatic N) is 4. The Bertz CT molecular complexity index is 832. The van der Waals surface area contributed by atoms with E-state index in [0.717, 1.165) is 5.69 Å². The maximum atomic E-state index is 12.5. The maximum absolute atomic E-state index is 12.5. The van der Waals surface area contributed by atoms with Crippen molar-refractivity contribution in [1.82, 2.24) is 19.7 Å². The zero-order chi connectivity index (χ0) is 18.4. The van der Waals surface area contributed by atoms with Crippen LogP contribution < -0.4 is 5.32 Å². The first kappa shape index (κ1) is 17.8. The molecule has 0 aliphatic heterocycles. The van der Waals surface area contributed by atoms with Gasteiger partial charge in [-0.3, -0.25) is 19.4 Å². The molecule has 26 heavy (non-hydrogen) atoms. The lowest BCUT2D eigenvalue weighted by Crippen LogP contribution is -2.39. The van der Waals surface area contributed by atoms with Crippen LogP contribution in [0.5, 0.6) is 0 Å². The van der Waals surface area contributed by atoms with Crippen LogP contribution in [-0.4, -0.2) is 38.7 Å². The number of nitrogens with one attached hydrogen (secondary N) is 1. The van der Waals surface area contributed by atoms with Gasteiger partial charge in [-0.05, 0) is 31.7 Å². The van der Waals surface area contributed by atoms with Crippen molar-refractivity contribution in [3.8, 4) is 0 Å². The summed E-state index contributed by atoms with van der Waals surface area (Å²) in [6, 6.07) is 17.4. The van der Waals surface area contributed by atoms with E-state index < -0.39 is 0 Å². The Labute approximate surface area is 153 Å². The Balaban J connectivity index is 1.55. The molecule has 1 aromatic carbocycles. The van der Waals surface area contributed by atoms with Crippen LogP contribution in [-0.2, 0) is 17.9 Å². The predicted molar refractivity (Wildman–Crippen MR) is 102 cm³/mol. The number of likely N-dealkylation sites (N-methyl/N-ethyl adjacent to an activating group) is 1. The molecule has 1 N–H and O–H groups in total. The van der Waals surface area contributed by atoms with Crippen molar-refractivity contribution in [2.24, 2.45) is 0 Å². The molecule has 2 heterocycles. The highest BCUT2D eigenvalue weighted by molar-refractivity contribution is 5.93. The number of benzene rings is 1. The number of pyridine rings is 1. The van der Waals surface area contributed by atoms with Crippen molar-refractivity contribution in [3.63, 3.8) is 0 Å². The van der Waals surface area contributed by atoms with E-state index in [4.69, 9.17) is 0 Å². The molecule has 0 aliphatic carbocycles. The summed E-state index contributed by atoms with van der Waals surface area (Å²) in [5, 5.41) is 7.28. The van der Waals surface area contributed by atoms with E-state index in [9.17, 15) is 4.79 Å². The van der Waals surface area contributed by atoms with Gasteiger partial charge in [0, 0.05) is 25.0 Å². The van der Waals surface area contributed by atoms with E-state index in [1.807, 2.05) is 61.5 Å². The van der Waals surface area contributed by atoms with Gasteiger partial charge in [-0.15, -0.1) is 0 Å². The number of hydrogen-bond donors (Lipinski definition) is 1. The summed E-state index contributed by atoms with van der Waals surface area (Å²) in [6.45, 7) is 3.17. The monoisotopic (exact) mass is 349 g/mol. The van der Waals surface area contributed by atoms with Crippen molar-refractivity contribution in [2.75, 3.05) is 12.4 Å². The number of aromatic nitrogens is 3. The van der Waals surface area contributed by atoms with E-state index >= 15 is 0 Å². The summed E-state index contributed by atoms with van der Waals surface area (Å²) in [6.07, 6.45) is 3.59. The first-order valence-corrected chi connectivity index (χ1v) is 8.60. The van der Waals surface area contributed by atoms with Crippen LogP contribution in [0.2, 0.25) is 0 Å². The standard InChI is InChI=1S/C20H23N5O/c1-16(24(2)14-17-8-4-3-5-9-17)20(26)22-19-11-13-25(23-19)15-18-10-6-7-12-21-18/h3-13,16H,14-15H2,1-2H3,(H,22,23,26). The Morgan fingerprint density at radius 1 is 1.15 bits per heavy atom. The van der Waals surface area contributed by atoms with Crippen molar-refractivity contribution >= 4 is 11.7 Å². The van der Waals surface area contributed by atoms with Gasteiger partial charge in [-0.2, -0.15) is 5.10 Å². The highest BCUT2D eigenvalue weighted by Gasteiger charge is 2.19. The molecule has 0 saturated carbocycles. The summed E-state index contributed by atoms with van der Waals surface area (Å²) >= 11 is 0. The lowest BCUT2D eigenvalue weighted by atomic mass is 10.2. The summed E-state index contributed by atoms with van der Waals surface area (Å²) in [5.74, 6) is 0.470. The van der Waals surface area contributed by atoms with E-state index in [-0.39, 0.29) is 11.9 Å². The minimum Gasteiger partial charge on any atom is -0.308 e. The minimum atomic E-state index is -0.267. The average molecular weight is 349 g/mol. The first-order valence-electron chi connectivity index (χ1n) is 8.60. The van der Waals surface area contributed by atoms with Crippen LogP contribution in [0.1, 0.15) is 18.2 Å². The molecular weight excluding hydrogens is 326 g/mol. The average Bonchev–Trinajstić information content (AvgIpc) is 3.09. The Kier molecular flexibility index (Phi) is 5.76. The molecule has 6 nitrogen and oxygen atoms in total. The number of anilines is 1. The lowest BCUT2D eigenvalue weighted by Gasteiger charge is -2.23. The molecule has 3 aromatic rings. The molecule has 2 aromatic heterocycles. The normalized spacial score (nSPS) is 12.1. The van der Waals surface area contributed by atoms with E-state index in [0.29, 0.717) is 18.9 Å². The zero-order valence-electron chi connectivity index (χ0n) is 15.0. The fourth-order valence-corrected chi connectivity index (χ4v) is 2.61. The molecule has 0 spiro atoms. The molecular formula is C20H23N5O. The van der Waals surface area contributed by atoms with Gasteiger partial charge in [-0.1, -0.05) is 36.4 Å². The maximum Gasteiger partial charge on any atom is 0.242 e. The third-order valence-electron chi connectivity index (χ3n) is 4.26. The van der Waals surface area contributed by atoms with E-state index in [1.54, 1.807) is 16.9 Å². The Morgan fingerprint density at radius 2 is 1.92 bits per heavy atom. The third-order valence-corrected chi connectivity index (χ3v) is 4.26. The van der Waals surface area contributed by atoms with Gasteiger partial charge >= 0.3 is 0 Å². The molecule has 0 bridgehead atoms. The van der Waals surface area contributed by atoms with Crippen LogP contribution in [0.3, 0.4) is 0 Å². The van der Waals surface area contributed by atoms with Crippen LogP contribution >= 0.6 is 0 Å². The molecule has 0 saturated heterocycles. The largest absolute Gasteiger partial charge is 0.308 e.